The number of halogens is 1. The zero-order valence-electron chi connectivity index (χ0n) is 12.2. The van der Waals surface area contributed by atoms with Gasteiger partial charge in [0.05, 0.1) is 6.42 Å². The topological polar surface area (TPSA) is 84.2 Å². The number of aromatic nitrogens is 1. The molecule has 0 aliphatic rings. The number of nitrogens with zero attached hydrogens (tertiary/aromatic N) is 1. The fourth-order valence-corrected chi connectivity index (χ4v) is 1.93. The molecule has 2 amide bonds. The lowest BCUT2D eigenvalue weighted by Crippen LogP contribution is -2.42. The molecule has 0 saturated carbocycles. The molecule has 0 aliphatic carbocycles. The molecule has 0 bridgehead atoms. The Kier molecular flexibility index (Phi) is 5.16. The third-order valence-corrected chi connectivity index (χ3v) is 3.18. The molecule has 2 N–H and O–H groups in total. The van der Waals surface area contributed by atoms with Gasteiger partial charge in [-0.15, -0.1) is 0 Å². The van der Waals surface area contributed by atoms with E-state index in [2.05, 4.69) is 15.8 Å². The molecule has 1 aromatic heterocycles. The van der Waals surface area contributed by atoms with Crippen LogP contribution in [0.25, 0.3) is 0 Å². The molecule has 0 fully saturated rings. The summed E-state index contributed by atoms with van der Waals surface area (Å²) in [7, 11) is 0. The van der Waals surface area contributed by atoms with Crippen molar-refractivity contribution < 1.29 is 14.1 Å². The van der Waals surface area contributed by atoms with Crippen molar-refractivity contribution in [1.82, 2.24) is 10.5 Å². The Morgan fingerprint density at radius 3 is 2.59 bits per heavy atom. The summed E-state index contributed by atoms with van der Waals surface area (Å²) in [4.78, 5) is 23.8. The SMILES string of the molecule is Cc1cc(NC(=O)[C@@H](C)NC(=O)Cc2ccc(Cl)cc2)no1. The zero-order chi connectivity index (χ0) is 16.1. The Hall–Kier alpha value is -2.34. The Bertz CT molecular complexity index is 667. The highest BCUT2D eigenvalue weighted by Gasteiger charge is 2.17. The van der Waals surface area contributed by atoms with Crippen molar-refractivity contribution in [1.29, 1.82) is 0 Å². The smallest absolute Gasteiger partial charge is 0.247 e. The lowest BCUT2D eigenvalue weighted by atomic mass is 10.1. The number of rotatable bonds is 5. The Balaban J connectivity index is 1.85. The lowest BCUT2D eigenvalue weighted by Gasteiger charge is -2.13. The standard InChI is InChI=1S/C15H16ClN3O3/c1-9-7-13(19-22-9)18-15(21)10(2)17-14(20)8-11-3-5-12(16)6-4-11/h3-7,10H,8H2,1-2H3,(H,17,20)(H,18,19,21)/t10-/m1/s1. The third-order valence-electron chi connectivity index (χ3n) is 2.93. The molecule has 0 radical (unpaired) electrons. The Morgan fingerprint density at radius 2 is 2.00 bits per heavy atom. The van der Waals surface area contributed by atoms with Crippen LogP contribution in [0.5, 0.6) is 0 Å². The first-order chi connectivity index (χ1) is 10.4. The molecule has 1 heterocycles. The average Bonchev–Trinajstić information content (AvgIpc) is 2.86. The minimum Gasteiger partial charge on any atom is -0.360 e. The van der Waals surface area contributed by atoms with E-state index in [0.717, 1.165) is 5.56 Å². The summed E-state index contributed by atoms with van der Waals surface area (Å²) in [5, 5.41) is 9.46. The van der Waals surface area contributed by atoms with Crippen LogP contribution in [0.1, 0.15) is 18.2 Å². The molecule has 116 valence electrons. The second-order valence-corrected chi connectivity index (χ2v) is 5.34. The van der Waals surface area contributed by atoms with E-state index >= 15 is 0 Å². The maximum atomic E-state index is 11.9. The number of carbonyl (C=O) groups is 2. The van der Waals surface area contributed by atoms with E-state index in [1.165, 1.54) is 0 Å². The van der Waals surface area contributed by atoms with Crippen LogP contribution in [0.2, 0.25) is 5.02 Å². The van der Waals surface area contributed by atoms with Gasteiger partial charge in [-0.1, -0.05) is 28.9 Å². The molecule has 2 aromatic rings. The van der Waals surface area contributed by atoms with E-state index in [1.54, 1.807) is 44.2 Å². The highest BCUT2D eigenvalue weighted by Crippen LogP contribution is 2.10. The number of carbonyl (C=O) groups excluding carboxylic acids is 2. The molecular weight excluding hydrogens is 306 g/mol. The summed E-state index contributed by atoms with van der Waals surface area (Å²) in [6, 6.07) is 7.88. The second-order valence-electron chi connectivity index (χ2n) is 4.90. The maximum Gasteiger partial charge on any atom is 0.247 e. The highest BCUT2D eigenvalue weighted by molar-refractivity contribution is 6.30. The minimum absolute atomic E-state index is 0.178. The second kappa shape index (κ2) is 7.09. The van der Waals surface area contributed by atoms with E-state index < -0.39 is 6.04 Å². The van der Waals surface area contributed by atoms with Gasteiger partial charge in [-0.05, 0) is 31.5 Å². The van der Waals surface area contributed by atoms with Gasteiger partial charge in [-0.2, -0.15) is 0 Å². The fourth-order valence-electron chi connectivity index (χ4n) is 1.81. The van der Waals surface area contributed by atoms with Crippen LogP contribution in [-0.2, 0) is 16.0 Å². The molecule has 1 aromatic carbocycles. The monoisotopic (exact) mass is 321 g/mol. The number of anilines is 1. The van der Waals surface area contributed by atoms with E-state index in [-0.39, 0.29) is 18.2 Å². The van der Waals surface area contributed by atoms with Gasteiger partial charge >= 0.3 is 0 Å². The van der Waals surface area contributed by atoms with Crippen LogP contribution in [0.15, 0.2) is 34.9 Å². The molecule has 22 heavy (non-hydrogen) atoms. The van der Waals surface area contributed by atoms with Gasteiger partial charge < -0.3 is 15.2 Å². The minimum atomic E-state index is -0.684. The number of amides is 2. The number of hydrogen-bond donors (Lipinski definition) is 2. The van der Waals surface area contributed by atoms with E-state index in [9.17, 15) is 9.59 Å². The van der Waals surface area contributed by atoms with Crippen molar-refractivity contribution in [2.45, 2.75) is 26.3 Å². The van der Waals surface area contributed by atoms with Crippen molar-refractivity contribution in [3.63, 3.8) is 0 Å². The Labute approximate surface area is 132 Å². The summed E-state index contributed by atoms with van der Waals surface area (Å²) in [5.74, 6) is 0.301. The van der Waals surface area contributed by atoms with Crippen molar-refractivity contribution in [3.8, 4) is 0 Å². The average molecular weight is 322 g/mol. The zero-order valence-corrected chi connectivity index (χ0v) is 13.0. The number of benzene rings is 1. The molecule has 0 saturated heterocycles. The predicted octanol–water partition coefficient (Wildman–Crippen LogP) is 2.32. The maximum absolute atomic E-state index is 11.9. The summed E-state index contributed by atoms with van der Waals surface area (Å²) in [6.07, 6.45) is 0.178. The molecule has 7 heteroatoms. The summed E-state index contributed by atoms with van der Waals surface area (Å²) in [6.45, 7) is 3.32. The van der Waals surface area contributed by atoms with Crippen molar-refractivity contribution >= 4 is 29.2 Å². The van der Waals surface area contributed by atoms with Crippen molar-refractivity contribution in [2.24, 2.45) is 0 Å². The number of aryl methyl sites for hydroxylation is 1. The van der Waals surface area contributed by atoms with E-state index in [4.69, 9.17) is 16.1 Å². The normalized spacial score (nSPS) is 11.8. The van der Waals surface area contributed by atoms with Crippen LogP contribution in [-0.4, -0.2) is 23.0 Å². The van der Waals surface area contributed by atoms with Crippen molar-refractivity contribution in [3.05, 3.63) is 46.7 Å². The van der Waals surface area contributed by atoms with E-state index in [1.807, 2.05) is 0 Å². The van der Waals surface area contributed by atoms with Gasteiger partial charge in [0.2, 0.25) is 11.8 Å². The summed E-state index contributed by atoms with van der Waals surface area (Å²) in [5.41, 5.74) is 0.821. The number of hydrogen-bond acceptors (Lipinski definition) is 4. The molecule has 0 spiro atoms. The summed E-state index contributed by atoms with van der Waals surface area (Å²) < 4.78 is 4.85. The van der Waals surface area contributed by atoms with Gasteiger partial charge in [0.15, 0.2) is 5.82 Å². The van der Waals surface area contributed by atoms with Crippen LogP contribution < -0.4 is 10.6 Å². The molecule has 0 unspecified atom stereocenters. The van der Waals surface area contributed by atoms with Gasteiger partial charge in [-0.25, -0.2) is 0 Å². The molecule has 2 rings (SSSR count). The highest BCUT2D eigenvalue weighted by atomic mass is 35.5. The molecule has 0 aliphatic heterocycles. The largest absolute Gasteiger partial charge is 0.360 e. The predicted molar refractivity (Wildman–Crippen MR) is 82.6 cm³/mol. The Morgan fingerprint density at radius 1 is 1.32 bits per heavy atom. The fraction of sp³-hybridized carbons (Fsp3) is 0.267. The first-order valence-corrected chi connectivity index (χ1v) is 7.10. The van der Waals surface area contributed by atoms with Crippen molar-refractivity contribution in [2.75, 3.05) is 5.32 Å². The van der Waals surface area contributed by atoms with Crippen LogP contribution >= 0.6 is 11.6 Å². The van der Waals surface area contributed by atoms with Crippen LogP contribution in [0.4, 0.5) is 5.82 Å². The first-order valence-electron chi connectivity index (χ1n) is 6.72. The van der Waals surface area contributed by atoms with Crippen LogP contribution in [0, 0.1) is 6.92 Å². The third kappa shape index (κ3) is 4.60. The van der Waals surface area contributed by atoms with Gasteiger partial charge in [0, 0.05) is 11.1 Å². The molecule has 1 atom stereocenters. The van der Waals surface area contributed by atoms with Gasteiger partial charge in [-0.3, -0.25) is 9.59 Å². The van der Waals surface area contributed by atoms with Crippen LogP contribution in [0.3, 0.4) is 0 Å². The quantitative estimate of drug-likeness (QED) is 0.885. The summed E-state index contributed by atoms with van der Waals surface area (Å²) >= 11 is 5.79. The number of nitrogens with one attached hydrogen (secondary N) is 2. The molecule has 6 nitrogen and oxygen atoms in total. The first kappa shape index (κ1) is 16.0. The molecular formula is C15H16ClN3O3. The van der Waals surface area contributed by atoms with Gasteiger partial charge in [0.25, 0.3) is 0 Å². The van der Waals surface area contributed by atoms with Gasteiger partial charge in [0.1, 0.15) is 11.8 Å². The van der Waals surface area contributed by atoms with E-state index in [0.29, 0.717) is 16.6 Å². The lowest BCUT2D eigenvalue weighted by molar-refractivity contribution is -0.125.